The molecule has 0 unspecified atom stereocenters. The van der Waals surface area contributed by atoms with E-state index in [0.717, 1.165) is 9.71 Å². The highest BCUT2D eigenvalue weighted by molar-refractivity contribution is 7.18. The van der Waals surface area contributed by atoms with E-state index in [1.54, 1.807) is 13.2 Å². The summed E-state index contributed by atoms with van der Waals surface area (Å²) in [6.45, 7) is 0.401. The van der Waals surface area contributed by atoms with Gasteiger partial charge in [-0.25, -0.2) is 9.78 Å². The predicted octanol–water partition coefficient (Wildman–Crippen LogP) is 2.79. The topological polar surface area (TPSA) is 59.4 Å². The summed E-state index contributed by atoms with van der Waals surface area (Å²) >= 11 is 7.34. The summed E-state index contributed by atoms with van der Waals surface area (Å²) in [6, 6.07) is 2.98. The summed E-state index contributed by atoms with van der Waals surface area (Å²) in [5.41, 5.74) is 0.800. The van der Waals surface area contributed by atoms with Crippen molar-refractivity contribution in [1.82, 2.24) is 4.98 Å². The number of halogens is 1. The summed E-state index contributed by atoms with van der Waals surface area (Å²) in [4.78, 5) is 15.1. The molecular formula is C10H8ClNO3S. The fourth-order valence-corrected chi connectivity index (χ4v) is 2.67. The van der Waals surface area contributed by atoms with Crippen LogP contribution in [0.5, 0.6) is 0 Å². The number of benzene rings is 1. The number of nitrogens with zero attached hydrogens (tertiary/aromatic N) is 1. The van der Waals surface area contributed by atoms with Crippen molar-refractivity contribution in [3.8, 4) is 0 Å². The Kier molecular flexibility index (Phi) is 3.09. The highest BCUT2D eigenvalue weighted by Crippen LogP contribution is 2.30. The largest absolute Gasteiger partial charge is 0.478 e. The van der Waals surface area contributed by atoms with Crippen molar-refractivity contribution >= 4 is 39.1 Å². The molecule has 2 aromatic rings. The number of carboxylic acid groups (broad SMARTS) is 1. The van der Waals surface area contributed by atoms with Crippen molar-refractivity contribution in [2.24, 2.45) is 0 Å². The Labute approximate surface area is 100 Å². The SMILES string of the molecule is COCc1nc2c(Cl)cc(C(=O)O)cc2s1. The zero-order valence-corrected chi connectivity index (χ0v) is 9.93. The molecule has 84 valence electrons. The summed E-state index contributed by atoms with van der Waals surface area (Å²) in [6.07, 6.45) is 0. The van der Waals surface area contributed by atoms with Crippen LogP contribution in [0.15, 0.2) is 12.1 Å². The normalized spacial score (nSPS) is 10.9. The lowest BCUT2D eigenvalue weighted by atomic mass is 10.2. The average molecular weight is 258 g/mol. The Morgan fingerprint density at radius 3 is 3.00 bits per heavy atom. The molecule has 0 aliphatic heterocycles. The molecule has 0 saturated carbocycles. The van der Waals surface area contributed by atoms with Crippen LogP contribution in [-0.4, -0.2) is 23.2 Å². The van der Waals surface area contributed by atoms with Crippen LogP contribution in [0.2, 0.25) is 5.02 Å². The van der Waals surface area contributed by atoms with Gasteiger partial charge < -0.3 is 9.84 Å². The number of ether oxygens (including phenoxy) is 1. The van der Waals surface area contributed by atoms with Crippen LogP contribution in [0.25, 0.3) is 10.2 Å². The molecule has 0 spiro atoms. The van der Waals surface area contributed by atoms with Gasteiger partial charge in [-0.15, -0.1) is 11.3 Å². The summed E-state index contributed by atoms with van der Waals surface area (Å²) in [5.74, 6) is -0.995. The quantitative estimate of drug-likeness (QED) is 0.919. The Morgan fingerprint density at radius 1 is 1.62 bits per heavy atom. The summed E-state index contributed by atoms with van der Waals surface area (Å²) in [5, 5.41) is 10.0. The van der Waals surface area contributed by atoms with Crippen molar-refractivity contribution in [2.45, 2.75) is 6.61 Å². The standard InChI is InChI=1S/C10H8ClNO3S/c1-15-4-8-12-9-6(11)2-5(10(13)14)3-7(9)16-8/h2-3H,4H2,1H3,(H,13,14). The van der Waals surface area contributed by atoms with Gasteiger partial charge in [-0.3, -0.25) is 0 Å². The van der Waals surface area contributed by atoms with Crippen LogP contribution in [-0.2, 0) is 11.3 Å². The van der Waals surface area contributed by atoms with Gasteiger partial charge in [0.1, 0.15) is 10.5 Å². The van der Waals surface area contributed by atoms with Gasteiger partial charge in [-0.1, -0.05) is 11.6 Å². The zero-order chi connectivity index (χ0) is 11.7. The second-order valence-corrected chi connectivity index (χ2v) is 4.67. The van der Waals surface area contributed by atoms with Gasteiger partial charge in [0.25, 0.3) is 0 Å². The monoisotopic (exact) mass is 257 g/mol. The van der Waals surface area contributed by atoms with E-state index in [-0.39, 0.29) is 5.56 Å². The lowest BCUT2D eigenvalue weighted by Crippen LogP contribution is -1.95. The number of hydrogen-bond donors (Lipinski definition) is 1. The van der Waals surface area contributed by atoms with Gasteiger partial charge in [0.2, 0.25) is 0 Å². The van der Waals surface area contributed by atoms with Crippen molar-refractivity contribution in [1.29, 1.82) is 0 Å². The first kappa shape index (κ1) is 11.3. The molecule has 0 radical (unpaired) electrons. The van der Waals surface area contributed by atoms with Crippen molar-refractivity contribution < 1.29 is 14.6 Å². The molecule has 1 N–H and O–H groups in total. The molecule has 4 nitrogen and oxygen atoms in total. The minimum atomic E-state index is -0.995. The molecule has 1 heterocycles. The minimum Gasteiger partial charge on any atom is -0.478 e. The van der Waals surface area contributed by atoms with Crippen LogP contribution >= 0.6 is 22.9 Å². The molecule has 0 fully saturated rings. The fourth-order valence-electron chi connectivity index (χ4n) is 1.34. The van der Waals surface area contributed by atoms with Gasteiger partial charge in [-0.05, 0) is 12.1 Å². The first-order chi connectivity index (χ1) is 7.61. The molecular weight excluding hydrogens is 250 g/mol. The Hall–Kier alpha value is -1.17. The van der Waals surface area contributed by atoms with E-state index in [1.165, 1.54) is 17.4 Å². The van der Waals surface area contributed by atoms with E-state index in [2.05, 4.69) is 4.98 Å². The molecule has 2 rings (SSSR count). The molecule has 0 amide bonds. The number of methoxy groups -OCH3 is 1. The molecule has 6 heteroatoms. The van der Waals surface area contributed by atoms with E-state index in [0.29, 0.717) is 17.1 Å². The number of carbonyl (C=O) groups is 1. The average Bonchev–Trinajstić information content (AvgIpc) is 2.61. The third kappa shape index (κ3) is 2.02. The van der Waals surface area contributed by atoms with Gasteiger partial charge >= 0.3 is 5.97 Å². The van der Waals surface area contributed by atoms with Crippen LogP contribution in [0.4, 0.5) is 0 Å². The molecule has 16 heavy (non-hydrogen) atoms. The lowest BCUT2D eigenvalue weighted by Gasteiger charge is -1.95. The second-order valence-electron chi connectivity index (χ2n) is 3.15. The van der Waals surface area contributed by atoms with E-state index in [9.17, 15) is 4.79 Å². The maximum Gasteiger partial charge on any atom is 0.335 e. The first-order valence-corrected chi connectivity index (χ1v) is 5.62. The third-order valence-electron chi connectivity index (χ3n) is 2.01. The molecule has 1 aromatic carbocycles. The van der Waals surface area contributed by atoms with Gasteiger partial charge in [-0.2, -0.15) is 0 Å². The number of rotatable bonds is 3. The van der Waals surface area contributed by atoms with Gasteiger partial charge in [0, 0.05) is 7.11 Å². The fraction of sp³-hybridized carbons (Fsp3) is 0.200. The van der Waals surface area contributed by atoms with Crippen molar-refractivity contribution in [2.75, 3.05) is 7.11 Å². The molecule has 0 atom stereocenters. The number of hydrogen-bond acceptors (Lipinski definition) is 4. The van der Waals surface area contributed by atoms with Gasteiger partial charge in [0.05, 0.1) is 21.9 Å². The number of aromatic carboxylic acids is 1. The number of thiazole rings is 1. The van der Waals surface area contributed by atoms with E-state index in [1.807, 2.05) is 0 Å². The third-order valence-corrected chi connectivity index (χ3v) is 3.27. The Balaban J connectivity index is 2.58. The lowest BCUT2D eigenvalue weighted by molar-refractivity contribution is 0.0697. The number of fused-ring (bicyclic) bond motifs is 1. The molecule has 0 bridgehead atoms. The smallest absolute Gasteiger partial charge is 0.335 e. The van der Waals surface area contributed by atoms with Crippen LogP contribution in [0, 0.1) is 0 Å². The van der Waals surface area contributed by atoms with Gasteiger partial charge in [0.15, 0.2) is 0 Å². The predicted molar refractivity (Wildman–Crippen MR) is 62.3 cm³/mol. The molecule has 1 aromatic heterocycles. The van der Waals surface area contributed by atoms with Crippen LogP contribution in [0.1, 0.15) is 15.4 Å². The summed E-state index contributed by atoms with van der Waals surface area (Å²) < 4.78 is 5.72. The van der Waals surface area contributed by atoms with E-state index in [4.69, 9.17) is 21.4 Å². The Morgan fingerprint density at radius 2 is 2.38 bits per heavy atom. The highest BCUT2D eigenvalue weighted by atomic mass is 35.5. The van der Waals surface area contributed by atoms with Crippen molar-refractivity contribution in [3.63, 3.8) is 0 Å². The molecule has 0 saturated heterocycles. The summed E-state index contributed by atoms with van der Waals surface area (Å²) in [7, 11) is 1.58. The second kappa shape index (κ2) is 4.37. The van der Waals surface area contributed by atoms with E-state index >= 15 is 0 Å². The Bertz CT molecular complexity index is 552. The zero-order valence-electron chi connectivity index (χ0n) is 8.36. The first-order valence-electron chi connectivity index (χ1n) is 4.43. The molecule has 0 aliphatic rings. The van der Waals surface area contributed by atoms with Crippen LogP contribution in [0.3, 0.4) is 0 Å². The van der Waals surface area contributed by atoms with E-state index < -0.39 is 5.97 Å². The van der Waals surface area contributed by atoms with Crippen LogP contribution < -0.4 is 0 Å². The van der Waals surface area contributed by atoms with Crippen molar-refractivity contribution in [3.05, 3.63) is 27.7 Å². The molecule has 0 aliphatic carbocycles. The number of carboxylic acids is 1. The highest BCUT2D eigenvalue weighted by Gasteiger charge is 2.12. The number of aromatic nitrogens is 1. The maximum atomic E-state index is 10.8. The minimum absolute atomic E-state index is 0.171. The maximum absolute atomic E-state index is 10.8.